The van der Waals surface area contributed by atoms with Crippen LogP contribution >= 0.6 is 0 Å². The van der Waals surface area contributed by atoms with Gasteiger partial charge in [-0.3, -0.25) is 4.79 Å². The van der Waals surface area contributed by atoms with Gasteiger partial charge in [-0.2, -0.15) is 0 Å². The molecule has 2 N–H and O–H groups in total. The highest BCUT2D eigenvalue weighted by molar-refractivity contribution is 5.86. The average Bonchev–Trinajstić information content (AvgIpc) is 2.67. The van der Waals surface area contributed by atoms with E-state index in [4.69, 9.17) is 5.73 Å². The number of anilines is 1. The van der Waals surface area contributed by atoms with Crippen LogP contribution in [0.1, 0.15) is 51.9 Å². The molecule has 0 aromatic carbocycles. The standard InChI is InChI=1S/C20H32N4O/c1-2-23(19(25)20(21)11-5-3-6-12-20)16-17-9-14-24(15-10-17)18-8-4-7-13-22-18/h4,7-8,13,17H,2-3,5-6,9-12,14-16,21H2,1H3. The lowest BCUT2D eigenvalue weighted by molar-refractivity contribution is -0.138. The van der Waals surface area contributed by atoms with Gasteiger partial charge in [-0.1, -0.05) is 25.3 Å². The van der Waals surface area contributed by atoms with Crippen molar-refractivity contribution in [1.82, 2.24) is 9.88 Å². The molecule has 0 bridgehead atoms. The number of amides is 1. The normalized spacial score (nSPS) is 21.1. The van der Waals surface area contributed by atoms with Crippen molar-refractivity contribution in [3.8, 4) is 0 Å². The Bertz CT molecular complexity index is 548. The molecular weight excluding hydrogens is 312 g/mol. The predicted octanol–water partition coefficient (Wildman–Crippen LogP) is 2.81. The second kappa shape index (κ2) is 8.17. The number of hydrogen-bond donors (Lipinski definition) is 1. The summed E-state index contributed by atoms with van der Waals surface area (Å²) in [6.45, 7) is 5.72. The van der Waals surface area contributed by atoms with Crippen molar-refractivity contribution in [2.75, 3.05) is 31.1 Å². The fraction of sp³-hybridized carbons (Fsp3) is 0.700. The van der Waals surface area contributed by atoms with Gasteiger partial charge >= 0.3 is 0 Å². The number of carbonyl (C=O) groups is 1. The van der Waals surface area contributed by atoms with Gasteiger partial charge in [0, 0.05) is 32.4 Å². The molecule has 1 aromatic rings. The summed E-state index contributed by atoms with van der Waals surface area (Å²) in [7, 11) is 0. The topological polar surface area (TPSA) is 62.5 Å². The summed E-state index contributed by atoms with van der Waals surface area (Å²) in [5.41, 5.74) is 5.87. The Balaban J connectivity index is 1.53. The minimum atomic E-state index is -0.608. The number of nitrogens with zero attached hydrogens (tertiary/aromatic N) is 3. The van der Waals surface area contributed by atoms with E-state index in [1.54, 1.807) is 0 Å². The number of hydrogen-bond acceptors (Lipinski definition) is 4. The first-order valence-electron chi connectivity index (χ1n) is 9.86. The first-order chi connectivity index (χ1) is 12.1. The van der Waals surface area contributed by atoms with E-state index < -0.39 is 5.54 Å². The first-order valence-corrected chi connectivity index (χ1v) is 9.86. The van der Waals surface area contributed by atoms with Crippen LogP contribution in [0.25, 0.3) is 0 Å². The van der Waals surface area contributed by atoms with Crippen molar-refractivity contribution in [3.05, 3.63) is 24.4 Å². The average molecular weight is 345 g/mol. The summed E-state index contributed by atoms with van der Waals surface area (Å²) in [6, 6.07) is 6.06. The van der Waals surface area contributed by atoms with E-state index in [0.29, 0.717) is 5.92 Å². The molecule has 0 radical (unpaired) electrons. The maximum atomic E-state index is 13.0. The van der Waals surface area contributed by atoms with Gasteiger partial charge in [0.2, 0.25) is 5.91 Å². The van der Waals surface area contributed by atoms with Gasteiger partial charge in [-0.05, 0) is 50.7 Å². The summed E-state index contributed by atoms with van der Waals surface area (Å²) in [4.78, 5) is 21.8. The maximum Gasteiger partial charge on any atom is 0.242 e. The van der Waals surface area contributed by atoms with Crippen molar-refractivity contribution in [2.45, 2.75) is 57.4 Å². The largest absolute Gasteiger partial charge is 0.357 e. The molecule has 2 fully saturated rings. The molecular formula is C20H32N4O. The van der Waals surface area contributed by atoms with E-state index in [2.05, 4.69) is 22.9 Å². The summed E-state index contributed by atoms with van der Waals surface area (Å²) in [5, 5.41) is 0. The van der Waals surface area contributed by atoms with Crippen molar-refractivity contribution in [2.24, 2.45) is 11.7 Å². The van der Waals surface area contributed by atoms with Crippen LogP contribution in [0.3, 0.4) is 0 Å². The van der Waals surface area contributed by atoms with Gasteiger partial charge in [0.1, 0.15) is 5.82 Å². The zero-order valence-electron chi connectivity index (χ0n) is 15.5. The van der Waals surface area contributed by atoms with Gasteiger partial charge in [0.15, 0.2) is 0 Å². The number of likely N-dealkylation sites (N-methyl/N-ethyl adjacent to an activating group) is 1. The van der Waals surface area contributed by atoms with Crippen molar-refractivity contribution in [1.29, 1.82) is 0 Å². The number of nitrogens with two attached hydrogens (primary N) is 1. The molecule has 5 nitrogen and oxygen atoms in total. The van der Waals surface area contributed by atoms with Crippen molar-refractivity contribution < 1.29 is 4.79 Å². The van der Waals surface area contributed by atoms with Crippen LogP contribution in [0.4, 0.5) is 5.82 Å². The minimum absolute atomic E-state index is 0.182. The lowest BCUT2D eigenvalue weighted by Gasteiger charge is -2.39. The van der Waals surface area contributed by atoms with E-state index in [0.717, 1.165) is 70.5 Å². The molecule has 3 rings (SSSR count). The Kier molecular flexibility index (Phi) is 5.94. The Morgan fingerprint density at radius 3 is 2.60 bits per heavy atom. The van der Waals surface area contributed by atoms with E-state index >= 15 is 0 Å². The van der Waals surface area contributed by atoms with Crippen LogP contribution in [0.2, 0.25) is 0 Å². The van der Waals surface area contributed by atoms with E-state index in [1.165, 1.54) is 6.42 Å². The molecule has 0 atom stereocenters. The fourth-order valence-corrected chi connectivity index (χ4v) is 4.26. The number of aromatic nitrogens is 1. The molecule has 0 spiro atoms. The number of rotatable bonds is 5. The predicted molar refractivity (Wildman–Crippen MR) is 101 cm³/mol. The summed E-state index contributed by atoms with van der Waals surface area (Å²) < 4.78 is 0. The summed E-state index contributed by atoms with van der Waals surface area (Å²) >= 11 is 0. The molecule has 0 unspecified atom stereocenters. The van der Waals surface area contributed by atoms with Crippen molar-refractivity contribution >= 4 is 11.7 Å². The highest BCUT2D eigenvalue weighted by atomic mass is 16.2. The van der Waals surface area contributed by atoms with Crippen LogP contribution in [-0.4, -0.2) is 47.5 Å². The zero-order chi connectivity index (χ0) is 17.7. The smallest absolute Gasteiger partial charge is 0.242 e. The third-order valence-electron chi connectivity index (χ3n) is 5.91. The van der Waals surface area contributed by atoms with Crippen LogP contribution < -0.4 is 10.6 Å². The van der Waals surface area contributed by atoms with Gasteiger partial charge in [-0.15, -0.1) is 0 Å². The van der Waals surface area contributed by atoms with Gasteiger partial charge in [0.05, 0.1) is 5.54 Å². The third kappa shape index (κ3) is 4.32. The van der Waals surface area contributed by atoms with Gasteiger partial charge in [-0.25, -0.2) is 4.98 Å². The van der Waals surface area contributed by atoms with Gasteiger partial charge in [0.25, 0.3) is 0 Å². The molecule has 1 saturated heterocycles. The molecule has 1 aromatic heterocycles. The quantitative estimate of drug-likeness (QED) is 0.892. The monoisotopic (exact) mass is 344 g/mol. The van der Waals surface area contributed by atoms with Crippen LogP contribution in [-0.2, 0) is 4.79 Å². The molecule has 1 aliphatic carbocycles. The van der Waals surface area contributed by atoms with E-state index in [-0.39, 0.29) is 5.91 Å². The fourth-order valence-electron chi connectivity index (χ4n) is 4.26. The second-order valence-corrected chi connectivity index (χ2v) is 7.68. The molecule has 25 heavy (non-hydrogen) atoms. The maximum absolute atomic E-state index is 13.0. The highest BCUT2D eigenvalue weighted by Gasteiger charge is 2.38. The molecule has 1 aliphatic heterocycles. The molecule has 2 heterocycles. The summed E-state index contributed by atoms with van der Waals surface area (Å²) in [5.74, 6) is 1.81. The third-order valence-corrected chi connectivity index (χ3v) is 5.91. The first kappa shape index (κ1) is 18.2. The SMILES string of the molecule is CCN(CC1CCN(c2ccccn2)CC1)C(=O)C1(N)CCCCC1. The molecule has 2 aliphatic rings. The lowest BCUT2D eigenvalue weighted by Crippen LogP contribution is -2.57. The van der Waals surface area contributed by atoms with Crippen LogP contribution in [0, 0.1) is 5.92 Å². The van der Waals surface area contributed by atoms with Crippen LogP contribution in [0.15, 0.2) is 24.4 Å². The van der Waals surface area contributed by atoms with Crippen molar-refractivity contribution in [3.63, 3.8) is 0 Å². The van der Waals surface area contributed by atoms with E-state index in [9.17, 15) is 4.79 Å². The highest BCUT2D eigenvalue weighted by Crippen LogP contribution is 2.29. The Hall–Kier alpha value is -1.62. The molecule has 138 valence electrons. The minimum Gasteiger partial charge on any atom is -0.357 e. The number of pyridine rings is 1. The second-order valence-electron chi connectivity index (χ2n) is 7.68. The number of carbonyl (C=O) groups excluding carboxylic acids is 1. The Morgan fingerprint density at radius 1 is 1.28 bits per heavy atom. The Labute approximate surface area is 151 Å². The molecule has 1 saturated carbocycles. The lowest BCUT2D eigenvalue weighted by atomic mass is 9.81. The van der Waals surface area contributed by atoms with Gasteiger partial charge < -0.3 is 15.5 Å². The molecule has 1 amide bonds. The summed E-state index contributed by atoms with van der Waals surface area (Å²) in [6.07, 6.45) is 9.15. The number of piperidine rings is 1. The van der Waals surface area contributed by atoms with Crippen LogP contribution in [0.5, 0.6) is 0 Å². The van der Waals surface area contributed by atoms with E-state index in [1.807, 2.05) is 23.2 Å². The molecule has 5 heteroatoms. The zero-order valence-corrected chi connectivity index (χ0v) is 15.5. The Morgan fingerprint density at radius 2 is 2.00 bits per heavy atom.